The van der Waals surface area contributed by atoms with Gasteiger partial charge in [0.05, 0.1) is 5.69 Å². The first-order chi connectivity index (χ1) is 9.20. The summed E-state index contributed by atoms with van der Waals surface area (Å²) in [6, 6.07) is 6.99. The maximum absolute atomic E-state index is 4.56. The van der Waals surface area contributed by atoms with Crippen molar-refractivity contribution in [2.75, 3.05) is 5.32 Å². The van der Waals surface area contributed by atoms with Crippen molar-refractivity contribution in [1.29, 1.82) is 0 Å². The average Bonchev–Trinajstić information content (AvgIpc) is 2.63. The fourth-order valence-corrected chi connectivity index (χ4v) is 2.40. The summed E-state index contributed by atoms with van der Waals surface area (Å²) < 4.78 is 0. The second-order valence-corrected chi connectivity index (χ2v) is 5.37. The van der Waals surface area contributed by atoms with Gasteiger partial charge in [-0.3, -0.25) is 4.99 Å². The van der Waals surface area contributed by atoms with Gasteiger partial charge in [0.1, 0.15) is 0 Å². The molecule has 1 N–H and O–H groups in total. The van der Waals surface area contributed by atoms with Gasteiger partial charge < -0.3 is 5.32 Å². The molecule has 0 saturated carbocycles. The number of hydrogen-bond acceptors (Lipinski definition) is 2. The van der Waals surface area contributed by atoms with E-state index in [0.29, 0.717) is 12.0 Å². The molecular formula is C17H24N2. The van der Waals surface area contributed by atoms with Crippen molar-refractivity contribution >= 4 is 17.6 Å². The van der Waals surface area contributed by atoms with E-state index in [4.69, 9.17) is 0 Å². The molecule has 2 nitrogen and oxygen atoms in total. The number of anilines is 1. The molecule has 2 atom stereocenters. The lowest BCUT2D eigenvalue weighted by Crippen LogP contribution is -2.22. The Balaban J connectivity index is 2.11. The Morgan fingerprint density at radius 1 is 1.32 bits per heavy atom. The molecule has 1 unspecified atom stereocenters. The van der Waals surface area contributed by atoms with Gasteiger partial charge in [0.25, 0.3) is 0 Å². The molecule has 2 heteroatoms. The SMILES string of the molecule is C/C=C\C(C)[C@@H](C)Nc1ccc2c(c1)N=CCCC2. The molecule has 19 heavy (non-hydrogen) atoms. The Labute approximate surface area is 116 Å². The summed E-state index contributed by atoms with van der Waals surface area (Å²) in [5.41, 5.74) is 3.67. The third-order valence-electron chi connectivity index (χ3n) is 3.77. The Bertz CT molecular complexity index is 474. The van der Waals surface area contributed by atoms with Crippen LogP contribution in [-0.2, 0) is 6.42 Å². The number of rotatable bonds is 4. The van der Waals surface area contributed by atoms with Crippen LogP contribution in [0, 0.1) is 5.92 Å². The molecule has 0 spiro atoms. The number of allylic oxidation sites excluding steroid dienone is 1. The minimum atomic E-state index is 0.420. The normalized spacial score (nSPS) is 17.8. The number of fused-ring (bicyclic) bond motifs is 1. The highest BCUT2D eigenvalue weighted by molar-refractivity contribution is 5.69. The van der Waals surface area contributed by atoms with E-state index in [1.807, 2.05) is 6.21 Å². The third kappa shape index (κ3) is 3.69. The molecule has 2 rings (SSSR count). The molecule has 1 heterocycles. The number of benzene rings is 1. The van der Waals surface area contributed by atoms with Crippen LogP contribution in [0.2, 0.25) is 0 Å². The van der Waals surface area contributed by atoms with Gasteiger partial charge in [0.15, 0.2) is 0 Å². The zero-order chi connectivity index (χ0) is 13.7. The highest BCUT2D eigenvalue weighted by Gasteiger charge is 2.10. The summed E-state index contributed by atoms with van der Waals surface area (Å²) in [6.45, 7) is 6.53. The Morgan fingerprint density at radius 2 is 2.16 bits per heavy atom. The molecule has 1 aromatic carbocycles. The van der Waals surface area contributed by atoms with Crippen molar-refractivity contribution in [3.8, 4) is 0 Å². The number of aliphatic imine (C=N–C) groups is 1. The van der Waals surface area contributed by atoms with Crippen molar-refractivity contribution < 1.29 is 0 Å². The molecule has 0 saturated heterocycles. The number of aryl methyl sites for hydroxylation is 1. The molecule has 0 aromatic heterocycles. The van der Waals surface area contributed by atoms with E-state index < -0.39 is 0 Å². The smallest absolute Gasteiger partial charge is 0.0678 e. The first-order valence-electron chi connectivity index (χ1n) is 7.25. The van der Waals surface area contributed by atoms with Gasteiger partial charge in [-0.05, 0) is 56.7 Å². The van der Waals surface area contributed by atoms with Gasteiger partial charge in [-0.15, -0.1) is 0 Å². The molecule has 1 aromatic rings. The van der Waals surface area contributed by atoms with Crippen molar-refractivity contribution in [1.82, 2.24) is 0 Å². The number of nitrogens with zero attached hydrogens (tertiary/aromatic N) is 1. The summed E-state index contributed by atoms with van der Waals surface area (Å²) in [5, 5.41) is 3.57. The highest BCUT2D eigenvalue weighted by atomic mass is 14.9. The van der Waals surface area contributed by atoms with Crippen LogP contribution in [0.5, 0.6) is 0 Å². The van der Waals surface area contributed by atoms with E-state index in [0.717, 1.165) is 18.5 Å². The van der Waals surface area contributed by atoms with Crippen molar-refractivity contribution in [3.05, 3.63) is 35.9 Å². The van der Waals surface area contributed by atoms with E-state index in [1.165, 1.54) is 17.7 Å². The molecule has 0 bridgehead atoms. The lowest BCUT2D eigenvalue weighted by Gasteiger charge is -2.20. The summed E-state index contributed by atoms with van der Waals surface area (Å²) >= 11 is 0. The minimum Gasteiger partial charge on any atom is -0.382 e. The molecule has 1 aliphatic heterocycles. The first-order valence-corrected chi connectivity index (χ1v) is 7.25. The highest BCUT2D eigenvalue weighted by Crippen LogP contribution is 2.27. The van der Waals surface area contributed by atoms with E-state index in [1.54, 1.807) is 0 Å². The average molecular weight is 256 g/mol. The summed E-state index contributed by atoms with van der Waals surface area (Å²) in [4.78, 5) is 4.56. The summed E-state index contributed by atoms with van der Waals surface area (Å²) in [7, 11) is 0. The lowest BCUT2D eigenvalue weighted by molar-refractivity contribution is 0.618. The van der Waals surface area contributed by atoms with Crippen LogP contribution in [0.3, 0.4) is 0 Å². The summed E-state index contributed by atoms with van der Waals surface area (Å²) in [5.74, 6) is 0.521. The Morgan fingerprint density at radius 3 is 2.95 bits per heavy atom. The molecular weight excluding hydrogens is 232 g/mol. The molecule has 0 fully saturated rings. The second-order valence-electron chi connectivity index (χ2n) is 5.37. The topological polar surface area (TPSA) is 24.4 Å². The van der Waals surface area contributed by atoms with E-state index >= 15 is 0 Å². The van der Waals surface area contributed by atoms with Crippen molar-refractivity contribution in [3.63, 3.8) is 0 Å². The summed E-state index contributed by atoms with van der Waals surface area (Å²) in [6.07, 6.45) is 9.83. The minimum absolute atomic E-state index is 0.420. The van der Waals surface area contributed by atoms with Gasteiger partial charge in [0, 0.05) is 17.9 Å². The van der Waals surface area contributed by atoms with E-state index in [9.17, 15) is 0 Å². The predicted octanol–water partition coefficient (Wildman–Crippen LogP) is 4.74. The fourth-order valence-electron chi connectivity index (χ4n) is 2.40. The van der Waals surface area contributed by atoms with Crippen LogP contribution >= 0.6 is 0 Å². The zero-order valence-electron chi connectivity index (χ0n) is 12.2. The maximum atomic E-state index is 4.56. The van der Waals surface area contributed by atoms with Crippen molar-refractivity contribution in [2.24, 2.45) is 10.9 Å². The van der Waals surface area contributed by atoms with E-state index in [-0.39, 0.29) is 0 Å². The lowest BCUT2D eigenvalue weighted by atomic mass is 10.0. The van der Waals surface area contributed by atoms with Crippen LogP contribution in [0.4, 0.5) is 11.4 Å². The standard InChI is InChI=1S/C17H24N2/c1-4-7-13(2)14(3)19-16-10-9-15-8-5-6-11-18-17(15)12-16/h4,7,9-14,19H,5-6,8H2,1-3H3/b7-4-/t13?,14-/m1/s1. The van der Waals surface area contributed by atoms with Crippen molar-refractivity contribution in [2.45, 2.75) is 46.1 Å². The Kier molecular flexibility index (Phi) is 4.78. The van der Waals surface area contributed by atoms with Gasteiger partial charge in [-0.2, -0.15) is 0 Å². The largest absolute Gasteiger partial charge is 0.382 e. The van der Waals surface area contributed by atoms with Crippen LogP contribution in [0.1, 0.15) is 39.2 Å². The molecule has 0 aliphatic carbocycles. The van der Waals surface area contributed by atoms with Gasteiger partial charge in [-0.25, -0.2) is 0 Å². The monoisotopic (exact) mass is 256 g/mol. The van der Waals surface area contributed by atoms with E-state index in [2.05, 4.69) is 61.4 Å². The van der Waals surface area contributed by atoms with Crippen LogP contribution in [0.25, 0.3) is 0 Å². The number of nitrogens with one attached hydrogen (secondary N) is 1. The quantitative estimate of drug-likeness (QED) is 0.773. The first kappa shape index (κ1) is 13.9. The van der Waals surface area contributed by atoms with Gasteiger partial charge in [0.2, 0.25) is 0 Å². The van der Waals surface area contributed by atoms with Crippen LogP contribution in [0.15, 0.2) is 35.3 Å². The zero-order valence-corrected chi connectivity index (χ0v) is 12.2. The second kappa shape index (κ2) is 6.55. The predicted molar refractivity (Wildman–Crippen MR) is 84.6 cm³/mol. The Hall–Kier alpha value is -1.57. The molecule has 0 radical (unpaired) electrons. The number of hydrogen-bond donors (Lipinski definition) is 1. The molecule has 0 amide bonds. The third-order valence-corrected chi connectivity index (χ3v) is 3.77. The van der Waals surface area contributed by atoms with Crippen LogP contribution in [-0.4, -0.2) is 12.3 Å². The molecule has 102 valence electrons. The van der Waals surface area contributed by atoms with Gasteiger partial charge >= 0.3 is 0 Å². The maximum Gasteiger partial charge on any atom is 0.0678 e. The fraction of sp³-hybridized carbons (Fsp3) is 0.471. The van der Waals surface area contributed by atoms with Crippen LogP contribution < -0.4 is 5.32 Å². The van der Waals surface area contributed by atoms with Gasteiger partial charge in [-0.1, -0.05) is 25.1 Å². The molecule has 1 aliphatic rings.